The van der Waals surface area contributed by atoms with Crippen LogP contribution in [0.15, 0.2) is 12.3 Å². The van der Waals surface area contributed by atoms with Crippen LogP contribution in [0.1, 0.15) is 26.2 Å². The Labute approximate surface area is 133 Å². The number of anilines is 1. The fourth-order valence-corrected chi connectivity index (χ4v) is 2.53. The number of nitrogens with one attached hydrogen (secondary N) is 2. The van der Waals surface area contributed by atoms with Gasteiger partial charge in [-0.3, -0.25) is 14.5 Å². The van der Waals surface area contributed by atoms with E-state index in [1.807, 2.05) is 6.92 Å². The maximum Gasteiger partial charge on any atom is 0.315 e. The van der Waals surface area contributed by atoms with E-state index in [-0.39, 0.29) is 18.9 Å². The van der Waals surface area contributed by atoms with E-state index < -0.39 is 18.0 Å². The lowest BCUT2D eigenvalue weighted by Gasteiger charge is -2.32. The maximum absolute atomic E-state index is 12.6. The largest absolute Gasteiger partial charge is 0.481 e. The third kappa shape index (κ3) is 4.21. The molecule has 9 nitrogen and oxygen atoms in total. The molecule has 0 bridgehead atoms. The van der Waals surface area contributed by atoms with Crippen LogP contribution < -0.4 is 15.5 Å². The van der Waals surface area contributed by atoms with Crippen molar-refractivity contribution in [1.29, 1.82) is 0 Å². The molecule has 0 saturated carbocycles. The zero-order valence-electron chi connectivity index (χ0n) is 13.0. The highest BCUT2D eigenvalue weighted by molar-refractivity contribution is 5.99. The van der Waals surface area contributed by atoms with E-state index in [2.05, 4.69) is 15.7 Å². The molecule has 23 heavy (non-hydrogen) atoms. The van der Waals surface area contributed by atoms with E-state index in [0.717, 1.165) is 12.2 Å². The Morgan fingerprint density at radius 2 is 2.26 bits per heavy atom. The first-order chi connectivity index (χ1) is 11.0. The second-order valence-electron chi connectivity index (χ2n) is 5.23. The Morgan fingerprint density at radius 3 is 2.96 bits per heavy atom. The van der Waals surface area contributed by atoms with E-state index >= 15 is 0 Å². The molecular weight excluding hydrogens is 302 g/mol. The fourth-order valence-electron chi connectivity index (χ4n) is 2.53. The lowest BCUT2D eigenvalue weighted by atomic mass is 10.0. The summed E-state index contributed by atoms with van der Waals surface area (Å²) in [5.74, 6) is -0.451. The van der Waals surface area contributed by atoms with Gasteiger partial charge in [0.2, 0.25) is 0 Å². The number of hydrogen-bond donors (Lipinski definition) is 3. The summed E-state index contributed by atoms with van der Waals surface area (Å²) in [6.45, 7) is 3.20. The molecule has 9 heteroatoms. The van der Waals surface area contributed by atoms with Crippen molar-refractivity contribution in [1.82, 2.24) is 20.4 Å². The van der Waals surface area contributed by atoms with Crippen molar-refractivity contribution < 1.29 is 19.5 Å². The second-order valence-corrected chi connectivity index (χ2v) is 5.23. The lowest BCUT2D eigenvalue weighted by molar-refractivity contribution is -0.136. The van der Waals surface area contributed by atoms with Gasteiger partial charge in [-0.15, -0.1) is 0 Å². The Bertz CT molecular complexity index is 585. The summed E-state index contributed by atoms with van der Waals surface area (Å²) >= 11 is 0. The van der Waals surface area contributed by atoms with Gasteiger partial charge in [0.1, 0.15) is 11.9 Å². The first-order valence-electron chi connectivity index (χ1n) is 7.62. The molecule has 3 N–H and O–H groups in total. The molecule has 2 heterocycles. The van der Waals surface area contributed by atoms with Gasteiger partial charge in [0.25, 0.3) is 5.91 Å². The van der Waals surface area contributed by atoms with Gasteiger partial charge in [-0.05, 0) is 19.8 Å². The Hall–Kier alpha value is -2.58. The van der Waals surface area contributed by atoms with Crippen molar-refractivity contribution in [2.24, 2.45) is 0 Å². The van der Waals surface area contributed by atoms with Crippen LogP contribution in [0, 0.1) is 0 Å². The SMILES string of the molecule is CCn1nccc1N1CCCC(NC(=O)NCCC(=O)O)C1=O. The smallest absolute Gasteiger partial charge is 0.315 e. The van der Waals surface area contributed by atoms with E-state index in [4.69, 9.17) is 5.11 Å². The zero-order valence-corrected chi connectivity index (χ0v) is 13.0. The number of amides is 3. The molecule has 1 aromatic rings. The number of aryl methyl sites for hydroxylation is 1. The van der Waals surface area contributed by atoms with Crippen molar-refractivity contribution in [2.45, 2.75) is 38.8 Å². The lowest BCUT2D eigenvalue weighted by Crippen LogP contribution is -2.55. The summed E-state index contributed by atoms with van der Waals surface area (Å²) in [5.41, 5.74) is 0. The van der Waals surface area contributed by atoms with Crippen LogP contribution in [-0.2, 0) is 16.1 Å². The zero-order chi connectivity index (χ0) is 16.8. The van der Waals surface area contributed by atoms with Crippen molar-refractivity contribution in [2.75, 3.05) is 18.0 Å². The topological polar surface area (TPSA) is 117 Å². The maximum atomic E-state index is 12.6. The molecule has 0 aliphatic carbocycles. The number of carbonyl (C=O) groups excluding carboxylic acids is 2. The monoisotopic (exact) mass is 323 g/mol. The predicted molar refractivity (Wildman–Crippen MR) is 82.1 cm³/mol. The standard InChI is InChI=1S/C14H21N5O4/c1-2-19-11(5-8-16-19)18-9-3-4-10(13(18)22)17-14(23)15-7-6-12(20)21/h5,8,10H,2-4,6-7,9H2,1H3,(H,20,21)(H2,15,17,23). The number of carboxylic acid groups (broad SMARTS) is 1. The summed E-state index contributed by atoms with van der Waals surface area (Å²) in [7, 11) is 0. The van der Waals surface area contributed by atoms with Gasteiger partial charge in [-0.1, -0.05) is 0 Å². The molecule has 126 valence electrons. The third-order valence-corrected chi connectivity index (χ3v) is 3.64. The van der Waals surface area contributed by atoms with E-state index in [9.17, 15) is 14.4 Å². The van der Waals surface area contributed by atoms with Crippen LogP contribution >= 0.6 is 0 Å². The van der Waals surface area contributed by atoms with Crippen LogP contribution in [0.3, 0.4) is 0 Å². The van der Waals surface area contributed by atoms with E-state index in [0.29, 0.717) is 19.5 Å². The number of carboxylic acids is 1. The van der Waals surface area contributed by atoms with Crippen LogP contribution in [0.2, 0.25) is 0 Å². The number of aromatic nitrogens is 2. The highest BCUT2D eigenvalue weighted by Crippen LogP contribution is 2.20. The predicted octanol–water partition coefficient (Wildman–Crippen LogP) is 0.172. The number of carbonyl (C=O) groups is 3. The highest BCUT2D eigenvalue weighted by Gasteiger charge is 2.32. The molecule has 1 aliphatic heterocycles. The molecule has 3 amide bonds. The van der Waals surface area contributed by atoms with Gasteiger partial charge in [-0.25, -0.2) is 9.48 Å². The normalized spacial score (nSPS) is 17.9. The highest BCUT2D eigenvalue weighted by atomic mass is 16.4. The summed E-state index contributed by atoms with van der Waals surface area (Å²) in [6.07, 6.45) is 2.80. The fraction of sp³-hybridized carbons (Fsp3) is 0.571. The summed E-state index contributed by atoms with van der Waals surface area (Å²) in [5, 5.41) is 17.7. The van der Waals surface area contributed by atoms with Crippen molar-refractivity contribution in [3.63, 3.8) is 0 Å². The number of nitrogens with zero attached hydrogens (tertiary/aromatic N) is 3. The van der Waals surface area contributed by atoms with Gasteiger partial charge in [0.15, 0.2) is 0 Å². The van der Waals surface area contributed by atoms with Crippen molar-refractivity contribution in [3.05, 3.63) is 12.3 Å². The minimum atomic E-state index is -0.988. The Morgan fingerprint density at radius 1 is 1.48 bits per heavy atom. The summed E-state index contributed by atoms with van der Waals surface area (Å²) < 4.78 is 1.73. The average Bonchev–Trinajstić information content (AvgIpc) is 2.97. The van der Waals surface area contributed by atoms with Gasteiger partial charge < -0.3 is 15.7 Å². The van der Waals surface area contributed by atoms with Gasteiger partial charge >= 0.3 is 12.0 Å². The number of piperidine rings is 1. The summed E-state index contributed by atoms with van der Waals surface area (Å²) in [6, 6.07) is 0.626. The minimum absolute atomic E-state index is 0.0222. The first kappa shape index (κ1) is 16.8. The Balaban J connectivity index is 1.94. The van der Waals surface area contributed by atoms with Crippen molar-refractivity contribution in [3.8, 4) is 0 Å². The van der Waals surface area contributed by atoms with Crippen LogP contribution in [0.4, 0.5) is 10.6 Å². The average molecular weight is 323 g/mol. The number of aliphatic carboxylic acids is 1. The van der Waals surface area contributed by atoms with E-state index in [1.54, 1.807) is 21.8 Å². The quantitative estimate of drug-likeness (QED) is 0.690. The number of rotatable bonds is 6. The van der Waals surface area contributed by atoms with Gasteiger partial charge in [0, 0.05) is 25.7 Å². The minimum Gasteiger partial charge on any atom is -0.481 e. The molecule has 2 rings (SSSR count). The molecular formula is C14H21N5O4. The molecule has 1 aromatic heterocycles. The van der Waals surface area contributed by atoms with Crippen LogP contribution in [0.5, 0.6) is 0 Å². The molecule has 1 fully saturated rings. The van der Waals surface area contributed by atoms with Gasteiger partial charge in [0.05, 0.1) is 12.6 Å². The molecule has 0 spiro atoms. The summed E-state index contributed by atoms with van der Waals surface area (Å²) in [4.78, 5) is 36.4. The van der Waals surface area contributed by atoms with Gasteiger partial charge in [-0.2, -0.15) is 5.10 Å². The second kappa shape index (κ2) is 7.61. The van der Waals surface area contributed by atoms with Crippen LogP contribution in [-0.4, -0.2) is 51.9 Å². The Kier molecular flexibility index (Phi) is 5.56. The molecule has 1 unspecified atom stereocenters. The number of urea groups is 1. The van der Waals surface area contributed by atoms with Crippen molar-refractivity contribution >= 4 is 23.7 Å². The molecule has 1 saturated heterocycles. The molecule has 0 aromatic carbocycles. The van der Waals surface area contributed by atoms with Crippen LogP contribution in [0.25, 0.3) is 0 Å². The molecule has 0 radical (unpaired) electrons. The molecule has 1 aliphatic rings. The third-order valence-electron chi connectivity index (χ3n) is 3.64. The first-order valence-corrected chi connectivity index (χ1v) is 7.62. The van der Waals surface area contributed by atoms with E-state index in [1.165, 1.54) is 0 Å². The number of hydrogen-bond acceptors (Lipinski definition) is 4. The molecule has 1 atom stereocenters.